The van der Waals surface area contributed by atoms with Crippen molar-refractivity contribution >= 4 is 58.0 Å². The number of ether oxygens (including phenoxy) is 1. The number of esters is 1. The zero-order valence-corrected chi connectivity index (χ0v) is 26.7. The third-order valence-electron chi connectivity index (χ3n) is 7.22. The fourth-order valence-electron chi connectivity index (χ4n) is 5.03. The number of β-lactam (4-membered cyclic amide) rings is 1. The summed E-state index contributed by atoms with van der Waals surface area (Å²) in [5.41, 5.74) is 8.59. The van der Waals surface area contributed by atoms with E-state index >= 15 is 0 Å². The molecule has 2 aliphatic heterocycles. The van der Waals surface area contributed by atoms with E-state index in [0.717, 1.165) is 28.2 Å². The van der Waals surface area contributed by atoms with Crippen LogP contribution in [0.5, 0.6) is 0 Å². The maximum atomic E-state index is 14.2. The molecule has 0 radical (unpaired) electrons. The highest BCUT2D eigenvalue weighted by atomic mass is 32.2. The van der Waals surface area contributed by atoms with E-state index < -0.39 is 35.3 Å². The molecule has 2 amide bonds. The zero-order valence-electron chi connectivity index (χ0n) is 25.1. The first-order valence-electron chi connectivity index (χ1n) is 14.6. The van der Waals surface area contributed by atoms with Crippen LogP contribution in [0.15, 0.2) is 108 Å². The maximum absolute atomic E-state index is 14.2. The van der Waals surface area contributed by atoms with E-state index in [1.54, 1.807) is 25.4 Å². The summed E-state index contributed by atoms with van der Waals surface area (Å²) in [6.07, 6.45) is 6.26. The lowest BCUT2D eigenvalue weighted by Crippen LogP contribution is -2.71. The Morgan fingerprint density at radius 3 is 2.43 bits per heavy atom. The summed E-state index contributed by atoms with van der Waals surface area (Å²) >= 11 is 2.31. The van der Waals surface area contributed by atoms with Gasteiger partial charge in [-0.25, -0.2) is 4.79 Å². The Hall–Kier alpha value is -5.34. The van der Waals surface area contributed by atoms with Gasteiger partial charge in [-0.05, 0) is 35.3 Å². The Labute approximate surface area is 278 Å². The Morgan fingerprint density at radius 2 is 1.81 bits per heavy atom. The average Bonchev–Trinajstić information content (AvgIpc) is 3.54. The number of anilines is 1. The van der Waals surface area contributed by atoms with Crippen molar-refractivity contribution in [3.63, 3.8) is 0 Å². The van der Waals surface area contributed by atoms with Crippen LogP contribution in [0.25, 0.3) is 6.08 Å². The molecule has 1 fully saturated rings. The smallest absolute Gasteiger partial charge is 0.356 e. The van der Waals surface area contributed by atoms with Crippen molar-refractivity contribution in [1.82, 2.24) is 24.6 Å². The predicted octanol–water partition coefficient (Wildman–Crippen LogP) is 3.96. The number of carbonyl (C=O) groups is 3. The first-order chi connectivity index (χ1) is 22.9. The number of allylic oxidation sites excluding steroid dienone is 1. The first-order valence-corrected chi connectivity index (χ1v) is 16.4. The van der Waals surface area contributed by atoms with Crippen molar-refractivity contribution in [3.8, 4) is 0 Å². The van der Waals surface area contributed by atoms with Gasteiger partial charge in [0.1, 0.15) is 23.7 Å². The highest BCUT2D eigenvalue weighted by Crippen LogP contribution is 2.42. The number of fused-ring (bicyclic) bond motifs is 1. The number of rotatable bonds is 11. The Kier molecular flexibility index (Phi) is 9.69. The number of benzene rings is 2. The molecule has 2 atom stereocenters. The van der Waals surface area contributed by atoms with Gasteiger partial charge in [-0.3, -0.25) is 19.5 Å². The topological polar surface area (TPSA) is 162 Å². The minimum Gasteiger partial charge on any atom is -0.448 e. The van der Waals surface area contributed by atoms with Gasteiger partial charge in [0.15, 0.2) is 11.2 Å². The van der Waals surface area contributed by atoms with E-state index in [4.69, 9.17) is 15.3 Å². The van der Waals surface area contributed by atoms with Crippen molar-refractivity contribution in [1.29, 1.82) is 0 Å². The van der Waals surface area contributed by atoms with Gasteiger partial charge in [0, 0.05) is 29.7 Å². The molecule has 0 spiro atoms. The number of oxime groups is 1. The van der Waals surface area contributed by atoms with E-state index in [9.17, 15) is 14.4 Å². The van der Waals surface area contributed by atoms with Crippen LogP contribution in [0.4, 0.5) is 5.13 Å². The molecule has 2 aromatic heterocycles. The second-order valence-corrected chi connectivity index (χ2v) is 12.2. The van der Waals surface area contributed by atoms with Crippen molar-refractivity contribution in [2.75, 3.05) is 18.1 Å². The summed E-state index contributed by atoms with van der Waals surface area (Å²) in [5.74, 6) is -1.50. The molecule has 4 heterocycles. The van der Waals surface area contributed by atoms with E-state index in [1.807, 2.05) is 78.9 Å². The van der Waals surface area contributed by atoms with E-state index in [1.165, 1.54) is 16.7 Å². The molecule has 0 saturated carbocycles. The maximum Gasteiger partial charge on any atom is 0.356 e. The van der Waals surface area contributed by atoms with Gasteiger partial charge in [-0.15, -0.1) is 11.8 Å². The second-order valence-electron chi connectivity index (χ2n) is 10.3. The molecule has 2 aromatic carbocycles. The zero-order chi connectivity index (χ0) is 32.8. The van der Waals surface area contributed by atoms with Gasteiger partial charge >= 0.3 is 5.97 Å². The summed E-state index contributed by atoms with van der Waals surface area (Å²) < 4.78 is 10.3. The summed E-state index contributed by atoms with van der Waals surface area (Å²) in [7, 11) is 0. The standard InChI is InChI=1S/C33H29N7O5S2/c1-2-44-38-24(28-37-33(34)47-39-28)29(41)36-25-30(42)40-26(23(19-46-31(25)40)16-15-20-10-9-17-35-18-20)32(43)45-27(21-11-5-3-6-12-21)22-13-7-4-8-14-22/h3-18,25,27,31H,2,19H2,1H3,(H,36,41)(H2,34,37,39)/b16-15+,38-24+/t25?,31-/m1/s1. The number of nitrogens with zero attached hydrogens (tertiary/aromatic N) is 5. The quantitative estimate of drug-likeness (QED) is 0.104. The van der Waals surface area contributed by atoms with Crippen LogP contribution in [0, 0.1) is 0 Å². The number of amides is 2. The van der Waals surface area contributed by atoms with Gasteiger partial charge in [0.05, 0.1) is 0 Å². The highest BCUT2D eigenvalue weighted by molar-refractivity contribution is 8.00. The molecule has 0 bridgehead atoms. The van der Waals surface area contributed by atoms with Gasteiger partial charge < -0.3 is 20.6 Å². The van der Waals surface area contributed by atoms with Crippen molar-refractivity contribution in [2.45, 2.75) is 24.4 Å². The van der Waals surface area contributed by atoms with Gasteiger partial charge in [-0.2, -0.15) is 9.36 Å². The third kappa shape index (κ3) is 6.93. The molecule has 12 nitrogen and oxygen atoms in total. The molecule has 238 valence electrons. The lowest BCUT2D eigenvalue weighted by Gasteiger charge is -2.49. The number of thioether (sulfide) groups is 1. The summed E-state index contributed by atoms with van der Waals surface area (Å²) in [6.45, 7) is 1.91. The highest BCUT2D eigenvalue weighted by Gasteiger charge is 2.54. The molecule has 6 rings (SSSR count). The van der Waals surface area contributed by atoms with Crippen LogP contribution in [0.3, 0.4) is 0 Å². The number of pyridine rings is 1. The number of nitrogens with two attached hydrogens (primary N) is 1. The average molecular weight is 668 g/mol. The number of hydrogen-bond donors (Lipinski definition) is 2. The number of aromatic nitrogens is 3. The molecule has 2 aliphatic rings. The number of nitrogen functional groups attached to an aromatic ring is 1. The monoisotopic (exact) mass is 667 g/mol. The van der Waals surface area contributed by atoms with Crippen LogP contribution in [-0.4, -0.2) is 66.5 Å². The molecule has 1 unspecified atom stereocenters. The fourth-order valence-corrected chi connectivity index (χ4v) is 6.79. The summed E-state index contributed by atoms with van der Waals surface area (Å²) in [4.78, 5) is 56.0. The van der Waals surface area contributed by atoms with Crippen LogP contribution in [-0.2, 0) is 24.0 Å². The van der Waals surface area contributed by atoms with Crippen molar-refractivity contribution < 1.29 is 24.0 Å². The van der Waals surface area contributed by atoms with Crippen molar-refractivity contribution in [2.24, 2.45) is 5.16 Å². The fraction of sp³-hybridized carbons (Fsp3) is 0.182. The molecule has 3 N–H and O–H groups in total. The number of carbonyl (C=O) groups excluding carboxylic acids is 3. The summed E-state index contributed by atoms with van der Waals surface area (Å²) in [5, 5.41) is 6.16. The van der Waals surface area contributed by atoms with Gasteiger partial charge in [0.25, 0.3) is 11.8 Å². The normalized spacial score (nSPS) is 17.8. The minimum absolute atomic E-state index is 0.0155. The van der Waals surface area contributed by atoms with Gasteiger partial charge in [0.2, 0.25) is 11.5 Å². The Balaban J connectivity index is 1.30. The van der Waals surface area contributed by atoms with E-state index in [-0.39, 0.29) is 29.0 Å². The summed E-state index contributed by atoms with van der Waals surface area (Å²) in [6, 6.07) is 21.5. The molecular weight excluding hydrogens is 639 g/mol. The SMILES string of the molecule is CCO/N=C(/C(=O)NC1C(=O)N2C(C(=O)OC(c3ccccc3)c3ccccc3)=C(/C=C/c3cccnc3)CS[C@H]12)c1nsc(N)n1. The van der Waals surface area contributed by atoms with E-state index in [2.05, 4.69) is 24.8 Å². The van der Waals surface area contributed by atoms with Crippen LogP contribution in [0.1, 0.15) is 35.5 Å². The number of nitrogens with one attached hydrogen (secondary N) is 1. The largest absolute Gasteiger partial charge is 0.448 e. The molecule has 4 aromatic rings. The molecular formula is C33H29N7O5S2. The van der Waals surface area contributed by atoms with Crippen LogP contribution < -0.4 is 11.1 Å². The lowest BCUT2D eigenvalue weighted by molar-refractivity contribution is -0.154. The molecule has 1 saturated heterocycles. The first kappa shape index (κ1) is 31.6. The van der Waals surface area contributed by atoms with Crippen LogP contribution in [0.2, 0.25) is 0 Å². The molecule has 0 aliphatic carbocycles. The molecule has 14 heteroatoms. The minimum atomic E-state index is -0.957. The third-order valence-corrected chi connectivity index (χ3v) is 9.07. The Bertz CT molecular complexity index is 1810. The molecule has 47 heavy (non-hydrogen) atoms. The predicted molar refractivity (Wildman–Crippen MR) is 179 cm³/mol. The second kappa shape index (κ2) is 14.4. The Morgan fingerprint density at radius 1 is 1.09 bits per heavy atom. The van der Waals surface area contributed by atoms with Gasteiger partial charge in [-0.1, -0.05) is 84.0 Å². The van der Waals surface area contributed by atoms with Crippen molar-refractivity contribution in [3.05, 3.63) is 125 Å². The van der Waals surface area contributed by atoms with Crippen LogP contribution >= 0.6 is 23.3 Å². The van der Waals surface area contributed by atoms with E-state index in [0.29, 0.717) is 11.3 Å². The number of hydrogen-bond acceptors (Lipinski definition) is 12. The lowest BCUT2D eigenvalue weighted by atomic mass is 10.00.